The molecule has 0 aromatic carbocycles. The zero-order valence-electron chi connectivity index (χ0n) is 9.55. The average molecular weight is 297 g/mol. The lowest BCUT2D eigenvalue weighted by Gasteiger charge is -2.16. The fourth-order valence-electron chi connectivity index (χ4n) is 1.71. The molecule has 1 unspecified atom stereocenters. The van der Waals surface area contributed by atoms with Gasteiger partial charge in [0.1, 0.15) is 0 Å². The van der Waals surface area contributed by atoms with Crippen LogP contribution in [-0.4, -0.2) is 20.0 Å². The molecule has 0 amide bonds. The smallest absolute Gasteiger partial charge is 0.153 e. The summed E-state index contributed by atoms with van der Waals surface area (Å²) in [6.45, 7) is 1.99. The number of aryl methyl sites for hydroxylation is 2. The van der Waals surface area contributed by atoms with E-state index in [2.05, 4.69) is 36.7 Å². The molecule has 90 valence electrons. The van der Waals surface area contributed by atoms with Crippen LogP contribution in [-0.2, 0) is 7.05 Å². The third-order valence-electron chi connectivity index (χ3n) is 2.50. The molecule has 3 N–H and O–H groups in total. The van der Waals surface area contributed by atoms with E-state index in [1.165, 1.54) is 0 Å². The molecule has 0 aliphatic heterocycles. The Hall–Kier alpha value is -1.31. The lowest BCUT2D eigenvalue weighted by molar-refractivity contribution is 0.567. The summed E-state index contributed by atoms with van der Waals surface area (Å²) >= 11 is 3.36. The second kappa shape index (κ2) is 4.91. The van der Waals surface area contributed by atoms with Crippen LogP contribution >= 0.6 is 15.9 Å². The van der Waals surface area contributed by atoms with Crippen molar-refractivity contribution >= 4 is 15.9 Å². The molecule has 0 aliphatic carbocycles. The van der Waals surface area contributed by atoms with Crippen LogP contribution in [0, 0.1) is 6.92 Å². The summed E-state index contributed by atoms with van der Waals surface area (Å²) in [4.78, 5) is 4.16. The zero-order valence-corrected chi connectivity index (χ0v) is 11.1. The maximum atomic E-state index is 5.62. The monoisotopic (exact) mass is 296 g/mol. The highest BCUT2D eigenvalue weighted by atomic mass is 79.9. The van der Waals surface area contributed by atoms with Crippen molar-refractivity contribution in [2.24, 2.45) is 12.9 Å². The normalized spacial score (nSPS) is 12.7. The van der Waals surface area contributed by atoms with Gasteiger partial charge in [-0.1, -0.05) is 11.3 Å². The van der Waals surface area contributed by atoms with Crippen molar-refractivity contribution in [1.82, 2.24) is 25.4 Å². The Labute approximate surface area is 107 Å². The number of rotatable bonds is 3. The highest BCUT2D eigenvalue weighted by molar-refractivity contribution is 9.10. The van der Waals surface area contributed by atoms with Gasteiger partial charge in [-0.15, -0.1) is 5.10 Å². The van der Waals surface area contributed by atoms with Crippen LogP contribution in [0.1, 0.15) is 22.9 Å². The number of nitrogens with zero attached hydrogens (tertiary/aromatic N) is 4. The first kappa shape index (κ1) is 12.2. The average Bonchev–Trinajstić information content (AvgIpc) is 2.62. The number of hydrazine groups is 1. The number of nitrogens with two attached hydrogens (primary N) is 1. The zero-order chi connectivity index (χ0) is 12.4. The molecule has 2 rings (SSSR count). The van der Waals surface area contributed by atoms with E-state index in [4.69, 9.17) is 5.84 Å². The number of halogens is 1. The summed E-state index contributed by atoms with van der Waals surface area (Å²) in [7, 11) is 1.82. The lowest BCUT2D eigenvalue weighted by atomic mass is 10.1. The van der Waals surface area contributed by atoms with Crippen molar-refractivity contribution < 1.29 is 0 Å². The first-order valence-electron chi connectivity index (χ1n) is 5.06. The Morgan fingerprint density at radius 2 is 2.24 bits per heavy atom. The number of hydrogen-bond acceptors (Lipinski definition) is 5. The summed E-state index contributed by atoms with van der Waals surface area (Å²) in [6.07, 6.45) is 3.57. The standard InChI is InChI=1S/C10H13BrN6/c1-6-3-7(5-13-4-6)8(14-12)9-10(11)15-16-17(9)2/h3-5,8,14H,12H2,1-2H3. The summed E-state index contributed by atoms with van der Waals surface area (Å²) in [5.41, 5.74) is 5.67. The molecule has 0 fully saturated rings. The van der Waals surface area contributed by atoms with Crippen molar-refractivity contribution in [2.75, 3.05) is 0 Å². The van der Waals surface area contributed by atoms with Gasteiger partial charge in [-0.3, -0.25) is 10.8 Å². The van der Waals surface area contributed by atoms with Gasteiger partial charge in [0.25, 0.3) is 0 Å². The number of pyridine rings is 1. The van der Waals surface area contributed by atoms with Crippen molar-refractivity contribution in [2.45, 2.75) is 13.0 Å². The second-order valence-corrected chi connectivity index (χ2v) is 4.54. The Balaban J connectivity index is 2.47. The molecule has 17 heavy (non-hydrogen) atoms. The van der Waals surface area contributed by atoms with Gasteiger partial charge >= 0.3 is 0 Å². The van der Waals surface area contributed by atoms with Crippen molar-refractivity contribution in [3.63, 3.8) is 0 Å². The fourth-order valence-corrected chi connectivity index (χ4v) is 2.27. The summed E-state index contributed by atoms with van der Waals surface area (Å²) in [5, 5.41) is 7.88. The molecule has 0 radical (unpaired) electrons. The summed E-state index contributed by atoms with van der Waals surface area (Å²) < 4.78 is 2.35. The van der Waals surface area contributed by atoms with E-state index < -0.39 is 0 Å². The van der Waals surface area contributed by atoms with E-state index in [1.807, 2.05) is 20.0 Å². The van der Waals surface area contributed by atoms with E-state index >= 15 is 0 Å². The Morgan fingerprint density at radius 1 is 1.47 bits per heavy atom. The first-order chi connectivity index (χ1) is 8.13. The quantitative estimate of drug-likeness (QED) is 0.648. The molecule has 2 aromatic rings. The van der Waals surface area contributed by atoms with E-state index in [0.29, 0.717) is 4.60 Å². The molecule has 2 heterocycles. The van der Waals surface area contributed by atoms with Crippen LogP contribution in [0.25, 0.3) is 0 Å². The van der Waals surface area contributed by atoms with Crippen LogP contribution in [0.2, 0.25) is 0 Å². The van der Waals surface area contributed by atoms with Gasteiger partial charge in [0.05, 0.1) is 11.7 Å². The maximum absolute atomic E-state index is 5.62. The summed E-state index contributed by atoms with van der Waals surface area (Å²) in [6, 6.07) is 1.83. The third-order valence-corrected chi connectivity index (χ3v) is 3.06. The predicted octanol–water partition coefficient (Wildman–Crippen LogP) is 0.834. The lowest BCUT2D eigenvalue weighted by Crippen LogP contribution is -2.30. The number of nitrogens with one attached hydrogen (secondary N) is 1. The summed E-state index contributed by atoms with van der Waals surface area (Å²) in [5.74, 6) is 5.62. The van der Waals surface area contributed by atoms with Gasteiger partial charge in [-0.2, -0.15) is 0 Å². The SMILES string of the molecule is Cc1cncc(C(NN)c2c(Br)nnn2C)c1. The van der Waals surface area contributed by atoms with Crippen LogP contribution in [0.5, 0.6) is 0 Å². The van der Waals surface area contributed by atoms with E-state index in [0.717, 1.165) is 16.8 Å². The molecule has 0 saturated carbocycles. The molecule has 0 aliphatic rings. The van der Waals surface area contributed by atoms with Gasteiger partial charge < -0.3 is 0 Å². The maximum Gasteiger partial charge on any atom is 0.153 e. The molecular weight excluding hydrogens is 284 g/mol. The minimum Gasteiger partial charge on any atom is -0.271 e. The van der Waals surface area contributed by atoms with Crippen molar-refractivity contribution in [1.29, 1.82) is 0 Å². The minimum absolute atomic E-state index is 0.197. The van der Waals surface area contributed by atoms with Gasteiger partial charge in [0, 0.05) is 19.4 Å². The fraction of sp³-hybridized carbons (Fsp3) is 0.300. The highest BCUT2D eigenvalue weighted by Crippen LogP contribution is 2.25. The highest BCUT2D eigenvalue weighted by Gasteiger charge is 2.21. The Kier molecular flexibility index (Phi) is 3.51. The molecule has 1 atom stereocenters. The molecule has 0 saturated heterocycles. The van der Waals surface area contributed by atoms with E-state index in [9.17, 15) is 0 Å². The van der Waals surface area contributed by atoms with Gasteiger partial charge in [0.2, 0.25) is 0 Å². The van der Waals surface area contributed by atoms with E-state index in [-0.39, 0.29) is 6.04 Å². The van der Waals surface area contributed by atoms with Gasteiger partial charge in [0.15, 0.2) is 4.60 Å². The van der Waals surface area contributed by atoms with E-state index in [1.54, 1.807) is 17.1 Å². The third kappa shape index (κ3) is 2.36. The van der Waals surface area contributed by atoms with Crippen LogP contribution in [0.15, 0.2) is 23.1 Å². The minimum atomic E-state index is -0.197. The topological polar surface area (TPSA) is 81.7 Å². The molecule has 0 bridgehead atoms. The Morgan fingerprint density at radius 3 is 2.76 bits per heavy atom. The van der Waals surface area contributed by atoms with Gasteiger partial charge in [-0.05, 0) is 34.0 Å². The van der Waals surface area contributed by atoms with Crippen LogP contribution < -0.4 is 11.3 Å². The van der Waals surface area contributed by atoms with Gasteiger partial charge in [-0.25, -0.2) is 10.1 Å². The van der Waals surface area contributed by atoms with Crippen molar-refractivity contribution in [3.05, 3.63) is 39.9 Å². The van der Waals surface area contributed by atoms with Crippen LogP contribution in [0.3, 0.4) is 0 Å². The molecule has 6 nitrogen and oxygen atoms in total. The Bertz CT molecular complexity index is 504. The first-order valence-corrected chi connectivity index (χ1v) is 5.85. The molecular formula is C10H13BrN6. The van der Waals surface area contributed by atoms with Crippen LogP contribution in [0.4, 0.5) is 0 Å². The van der Waals surface area contributed by atoms with Crippen molar-refractivity contribution in [3.8, 4) is 0 Å². The number of hydrogen-bond donors (Lipinski definition) is 2. The second-order valence-electron chi connectivity index (χ2n) is 3.78. The number of aromatic nitrogens is 4. The predicted molar refractivity (Wildman–Crippen MR) is 66.8 cm³/mol. The molecule has 0 spiro atoms. The molecule has 2 aromatic heterocycles. The molecule has 7 heteroatoms. The largest absolute Gasteiger partial charge is 0.271 e.